The van der Waals surface area contributed by atoms with E-state index in [1.54, 1.807) is 0 Å². The molecule has 0 saturated carbocycles. The van der Waals surface area contributed by atoms with Gasteiger partial charge in [-0.15, -0.1) is 0 Å². The van der Waals surface area contributed by atoms with Crippen LogP contribution < -0.4 is 4.74 Å². The second-order valence-electron chi connectivity index (χ2n) is 5.00. The number of halogens is 1. The Morgan fingerprint density at radius 2 is 1.95 bits per heavy atom. The number of ether oxygens (including phenoxy) is 3. The first-order valence-corrected chi connectivity index (χ1v) is 7.08. The van der Waals surface area contributed by atoms with Crippen molar-refractivity contribution >= 4 is 11.6 Å². The third kappa shape index (κ3) is 2.73. The standard InChI is InChI=1S/C15H21ClO3/c1-5-6-17-12-9-10(2)14(16)11(3)13(12)15(4)18-7-8-19-15/h9H,5-8H2,1-4H3. The van der Waals surface area contributed by atoms with Gasteiger partial charge >= 0.3 is 0 Å². The van der Waals surface area contributed by atoms with E-state index in [4.69, 9.17) is 25.8 Å². The fourth-order valence-corrected chi connectivity index (χ4v) is 2.62. The lowest BCUT2D eigenvalue weighted by atomic mass is 9.97. The highest BCUT2D eigenvalue weighted by atomic mass is 35.5. The molecule has 0 N–H and O–H groups in total. The van der Waals surface area contributed by atoms with Crippen LogP contribution >= 0.6 is 11.6 Å². The highest BCUT2D eigenvalue weighted by molar-refractivity contribution is 6.32. The van der Waals surface area contributed by atoms with Crippen molar-refractivity contribution in [2.75, 3.05) is 19.8 Å². The number of benzene rings is 1. The van der Waals surface area contributed by atoms with Gasteiger partial charge in [-0.25, -0.2) is 0 Å². The molecule has 0 bridgehead atoms. The zero-order valence-electron chi connectivity index (χ0n) is 12.0. The van der Waals surface area contributed by atoms with Crippen LogP contribution in [0.1, 0.15) is 37.0 Å². The first-order valence-electron chi connectivity index (χ1n) is 6.70. The molecule has 1 heterocycles. The topological polar surface area (TPSA) is 27.7 Å². The second kappa shape index (κ2) is 5.70. The van der Waals surface area contributed by atoms with E-state index in [2.05, 4.69) is 6.92 Å². The van der Waals surface area contributed by atoms with Crippen molar-refractivity contribution in [3.63, 3.8) is 0 Å². The quantitative estimate of drug-likeness (QED) is 0.837. The SMILES string of the molecule is CCCOc1cc(C)c(Cl)c(C)c1C1(C)OCCO1. The van der Waals surface area contributed by atoms with Crippen LogP contribution in [-0.2, 0) is 15.3 Å². The molecule has 0 radical (unpaired) electrons. The van der Waals surface area contributed by atoms with Gasteiger partial charge in [0.05, 0.1) is 25.4 Å². The Hall–Kier alpha value is -0.770. The Labute approximate surface area is 119 Å². The zero-order valence-corrected chi connectivity index (χ0v) is 12.8. The molecule has 4 heteroatoms. The predicted octanol–water partition coefficient (Wildman–Crippen LogP) is 3.97. The van der Waals surface area contributed by atoms with Gasteiger partial charge in [-0.3, -0.25) is 0 Å². The third-order valence-corrected chi connectivity index (χ3v) is 3.98. The zero-order chi connectivity index (χ0) is 14.0. The summed E-state index contributed by atoms with van der Waals surface area (Å²) in [6.07, 6.45) is 0.957. The van der Waals surface area contributed by atoms with Gasteiger partial charge < -0.3 is 14.2 Å². The van der Waals surface area contributed by atoms with Crippen molar-refractivity contribution in [1.29, 1.82) is 0 Å². The second-order valence-corrected chi connectivity index (χ2v) is 5.37. The fraction of sp³-hybridized carbons (Fsp3) is 0.600. The summed E-state index contributed by atoms with van der Waals surface area (Å²) < 4.78 is 17.4. The first kappa shape index (κ1) is 14.6. The van der Waals surface area contributed by atoms with Crippen LogP contribution in [0.25, 0.3) is 0 Å². The van der Waals surface area contributed by atoms with Gasteiger partial charge in [0, 0.05) is 5.02 Å². The lowest BCUT2D eigenvalue weighted by Gasteiger charge is -2.28. The molecule has 1 aliphatic rings. The molecule has 1 aliphatic heterocycles. The minimum Gasteiger partial charge on any atom is -0.493 e. The van der Waals surface area contributed by atoms with Crippen LogP contribution in [0.3, 0.4) is 0 Å². The maximum absolute atomic E-state index is 6.36. The van der Waals surface area contributed by atoms with Crippen LogP contribution in [0.15, 0.2) is 6.07 Å². The van der Waals surface area contributed by atoms with E-state index in [0.717, 1.165) is 33.9 Å². The van der Waals surface area contributed by atoms with E-state index in [-0.39, 0.29) is 0 Å². The molecule has 0 unspecified atom stereocenters. The van der Waals surface area contributed by atoms with Crippen LogP contribution in [0.5, 0.6) is 5.75 Å². The van der Waals surface area contributed by atoms with Gasteiger partial charge in [-0.05, 0) is 44.4 Å². The van der Waals surface area contributed by atoms with Crippen molar-refractivity contribution < 1.29 is 14.2 Å². The Bertz CT molecular complexity index is 465. The highest BCUT2D eigenvalue weighted by Gasteiger charge is 2.38. The largest absolute Gasteiger partial charge is 0.493 e. The fourth-order valence-electron chi connectivity index (χ4n) is 2.47. The number of rotatable bonds is 4. The molecule has 0 spiro atoms. The Morgan fingerprint density at radius 3 is 2.53 bits per heavy atom. The van der Waals surface area contributed by atoms with Gasteiger partial charge in [0.25, 0.3) is 0 Å². The minimum absolute atomic E-state index is 0.592. The Morgan fingerprint density at radius 1 is 1.32 bits per heavy atom. The maximum Gasteiger partial charge on any atom is 0.195 e. The van der Waals surface area contributed by atoms with Crippen molar-refractivity contribution in [1.82, 2.24) is 0 Å². The molecule has 1 saturated heterocycles. The summed E-state index contributed by atoms with van der Waals surface area (Å²) in [5.74, 6) is 0.0514. The molecule has 1 aromatic rings. The molecule has 106 valence electrons. The van der Waals surface area contributed by atoms with Crippen LogP contribution in [0.2, 0.25) is 5.02 Å². The van der Waals surface area contributed by atoms with Gasteiger partial charge in [0.15, 0.2) is 5.79 Å². The minimum atomic E-state index is -0.759. The average Bonchev–Trinajstić information content (AvgIpc) is 2.80. The summed E-state index contributed by atoms with van der Waals surface area (Å²) in [6, 6.07) is 1.97. The number of hydrogen-bond acceptors (Lipinski definition) is 3. The van der Waals surface area contributed by atoms with Crippen LogP contribution in [0, 0.1) is 13.8 Å². The molecule has 0 aromatic heterocycles. The lowest BCUT2D eigenvalue weighted by molar-refractivity contribution is -0.151. The predicted molar refractivity (Wildman–Crippen MR) is 76.0 cm³/mol. The first-order chi connectivity index (χ1) is 8.99. The smallest absolute Gasteiger partial charge is 0.195 e. The normalized spacial score (nSPS) is 17.7. The Kier molecular flexibility index (Phi) is 4.39. The van der Waals surface area contributed by atoms with E-state index in [0.29, 0.717) is 19.8 Å². The van der Waals surface area contributed by atoms with Crippen molar-refractivity contribution in [2.24, 2.45) is 0 Å². The van der Waals surface area contributed by atoms with Crippen molar-refractivity contribution in [3.05, 3.63) is 27.8 Å². The van der Waals surface area contributed by atoms with Crippen LogP contribution in [0.4, 0.5) is 0 Å². The van der Waals surface area contributed by atoms with E-state index in [1.165, 1.54) is 0 Å². The molecular weight excluding hydrogens is 264 g/mol. The summed E-state index contributed by atoms with van der Waals surface area (Å²) >= 11 is 6.36. The molecule has 0 aliphatic carbocycles. The van der Waals surface area contributed by atoms with Crippen molar-refractivity contribution in [2.45, 2.75) is 39.9 Å². The number of hydrogen-bond donors (Lipinski definition) is 0. The molecule has 0 amide bonds. The van der Waals surface area contributed by atoms with E-state index in [1.807, 2.05) is 26.8 Å². The summed E-state index contributed by atoms with van der Waals surface area (Å²) in [5.41, 5.74) is 2.89. The van der Waals surface area contributed by atoms with Gasteiger partial charge in [0.2, 0.25) is 0 Å². The maximum atomic E-state index is 6.36. The summed E-state index contributed by atoms with van der Waals surface area (Å²) in [4.78, 5) is 0. The summed E-state index contributed by atoms with van der Waals surface area (Å²) in [7, 11) is 0. The summed E-state index contributed by atoms with van der Waals surface area (Å²) in [6.45, 7) is 9.83. The van der Waals surface area contributed by atoms with Crippen molar-refractivity contribution in [3.8, 4) is 5.75 Å². The monoisotopic (exact) mass is 284 g/mol. The molecule has 1 fully saturated rings. The van der Waals surface area contributed by atoms with Crippen LogP contribution in [-0.4, -0.2) is 19.8 Å². The molecule has 3 nitrogen and oxygen atoms in total. The van der Waals surface area contributed by atoms with E-state index in [9.17, 15) is 0 Å². The third-order valence-electron chi connectivity index (χ3n) is 3.40. The molecule has 19 heavy (non-hydrogen) atoms. The van der Waals surface area contributed by atoms with E-state index >= 15 is 0 Å². The molecule has 1 aromatic carbocycles. The molecule has 0 atom stereocenters. The Balaban J connectivity index is 2.52. The number of aryl methyl sites for hydroxylation is 1. The summed E-state index contributed by atoms with van der Waals surface area (Å²) in [5, 5.41) is 0.749. The van der Waals surface area contributed by atoms with Gasteiger partial charge in [-0.2, -0.15) is 0 Å². The van der Waals surface area contributed by atoms with E-state index < -0.39 is 5.79 Å². The highest BCUT2D eigenvalue weighted by Crippen LogP contribution is 2.42. The lowest BCUT2D eigenvalue weighted by Crippen LogP contribution is -2.25. The van der Waals surface area contributed by atoms with Gasteiger partial charge in [-0.1, -0.05) is 18.5 Å². The average molecular weight is 285 g/mol. The molecular formula is C15H21ClO3. The molecule has 2 rings (SSSR count). The van der Waals surface area contributed by atoms with Gasteiger partial charge in [0.1, 0.15) is 5.75 Å².